The lowest BCUT2D eigenvalue weighted by Gasteiger charge is -2.21. The molecule has 0 saturated heterocycles. The summed E-state index contributed by atoms with van der Waals surface area (Å²) in [6.07, 6.45) is 1.10. The van der Waals surface area contributed by atoms with Crippen LogP contribution in [0.15, 0.2) is 48.7 Å². The molecule has 1 aliphatic heterocycles. The molecule has 1 unspecified atom stereocenters. The van der Waals surface area contributed by atoms with Gasteiger partial charge in [-0.1, -0.05) is 30.3 Å². The molecule has 1 aromatic heterocycles. The number of anilines is 1. The maximum Gasteiger partial charge on any atom is 0.150 e. The Hall–Kier alpha value is -1.91. The second-order valence-electron chi connectivity index (χ2n) is 4.03. The molecule has 1 aromatic carbocycles. The second-order valence-corrected chi connectivity index (χ2v) is 4.03. The van der Waals surface area contributed by atoms with Gasteiger partial charge in [-0.2, -0.15) is 5.01 Å². The van der Waals surface area contributed by atoms with E-state index in [-0.39, 0.29) is 0 Å². The van der Waals surface area contributed by atoms with Crippen molar-refractivity contribution in [2.75, 3.05) is 5.43 Å². The molecule has 17 heavy (non-hydrogen) atoms. The lowest BCUT2D eigenvalue weighted by Crippen LogP contribution is -2.28. The van der Waals surface area contributed by atoms with Crippen LogP contribution in [0.4, 0.5) is 5.82 Å². The number of hydrogen-bond acceptors (Lipinski definition) is 4. The molecular formula is C13H13N3O. The average Bonchev–Trinajstić information content (AvgIpc) is 2.68. The molecule has 0 spiro atoms. The van der Waals surface area contributed by atoms with Crippen molar-refractivity contribution in [2.45, 2.75) is 12.8 Å². The third-order valence-corrected chi connectivity index (χ3v) is 2.89. The summed E-state index contributed by atoms with van der Waals surface area (Å²) in [5, 5.41) is 11.9. The molecule has 4 heteroatoms. The van der Waals surface area contributed by atoms with E-state index >= 15 is 0 Å². The highest BCUT2D eigenvalue weighted by molar-refractivity contribution is 5.37. The summed E-state index contributed by atoms with van der Waals surface area (Å²) in [6.45, 7) is 0.675. The van der Waals surface area contributed by atoms with E-state index in [1.165, 1.54) is 0 Å². The van der Waals surface area contributed by atoms with Crippen molar-refractivity contribution in [3.05, 3.63) is 59.8 Å². The van der Waals surface area contributed by atoms with E-state index in [1.807, 2.05) is 42.5 Å². The molecule has 2 aromatic rings. The van der Waals surface area contributed by atoms with Crippen LogP contribution in [-0.2, 0) is 6.54 Å². The summed E-state index contributed by atoms with van der Waals surface area (Å²) < 4.78 is 0. The van der Waals surface area contributed by atoms with Crippen LogP contribution in [0.3, 0.4) is 0 Å². The van der Waals surface area contributed by atoms with E-state index < -0.39 is 6.23 Å². The van der Waals surface area contributed by atoms with Crippen molar-refractivity contribution < 1.29 is 5.11 Å². The molecule has 3 rings (SSSR count). The molecule has 0 radical (unpaired) electrons. The fourth-order valence-corrected chi connectivity index (χ4v) is 2.04. The monoisotopic (exact) mass is 227 g/mol. The average molecular weight is 227 g/mol. The van der Waals surface area contributed by atoms with Crippen LogP contribution in [0, 0.1) is 0 Å². The molecule has 86 valence electrons. The van der Waals surface area contributed by atoms with Gasteiger partial charge in [-0.15, -0.1) is 0 Å². The van der Waals surface area contributed by atoms with Gasteiger partial charge in [-0.25, -0.2) is 4.98 Å². The Balaban J connectivity index is 1.81. The molecule has 0 aliphatic carbocycles. The Kier molecular flexibility index (Phi) is 2.51. The van der Waals surface area contributed by atoms with Crippen molar-refractivity contribution in [2.24, 2.45) is 0 Å². The zero-order valence-electron chi connectivity index (χ0n) is 9.24. The third-order valence-electron chi connectivity index (χ3n) is 2.89. The largest absolute Gasteiger partial charge is 0.372 e. The maximum absolute atomic E-state index is 10.1. The first-order valence-corrected chi connectivity index (χ1v) is 5.55. The Morgan fingerprint density at radius 3 is 2.76 bits per heavy atom. The SMILES string of the molecule is OC1c2ccccc2CN1Nc1ccccn1. The van der Waals surface area contributed by atoms with Crippen molar-refractivity contribution in [3.63, 3.8) is 0 Å². The van der Waals surface area contributed by atoms with E-state index in [2.05, 4.69) is 10.4 Å². The summed E-state index contributed by atoms with van der Waals surface area (Å²) in [4.78, 5) is 4.18. The molecule has 0 saturated carbocycles. The predicted molar refractivity (Wildman–Crippen MR) is 64.8 cm³/mol. The molecule has 1 atom stereocenters. The minimum atomic E-state index is -0.617. The fraction of sp³-hybridized carbons (Fsp3) is 0.154. The highest BCUT2D eigenvalue weighted by Crippen LogP contribution is 2.30. The Morgan fingerprint density at radius 1 is 1.18 bits per heavy atom. The van der Waals surface area contributed by atoms with Crippen LogP contribution in [0.1, 0.15) is 17.4 Å². The van der Waals surface area contributed by atoms with E-state index in [0.717, 1.165) is 16.9 Å². The van der Waals surface area contributed by atoms with Crippen LogP contribution in [0.2, 0.25) is 0 Å². The van der Waals surface area contributed by atoms with Gasteiger partial charge >= 0.3 is 0 Å². The first-order chi connectivity index (χ1) is 8.34. The number of fused-ring (bicyclic) bond motifs is 1. The van der Waals surface area contributed by atoms with Gasteiger partial charge in [-0.05, 0) is 17.7 Å². The quantitative estimate of drug-likeness (QED) is 0.822. The summed E-state index contributed by atoms with van der Waals surface area (Å²) in [7, 11) is 0. The van der Waals surface area contributed by atoms with Gasteiger partial charge in [0.2, 0.25) is 0 Å². The number of rotatable bonds is 2. The molecular weight excluding hydrogens is 214 g/mol. The number of aromatic nitrogens is 1. The number of pyridine rings is 1. The maximum atomic E-state index is 10.1. The number of hydrazine groups is 1. The highest BCUT2D eigenvalue weighted by atomic mass is 16.3. The standard InChI is InChI=1S/C13H13N3O/c17-13-11-6-2-1-5-10(11)9-16(13)15-12-7-3-4-8-14-12/h1-8,13,17H,9H2,(H,14,15). The molecule has 0 amide bonds. The number of hydrogen-bond donors (Lipinski definition) is 2. The topological polar surface area (TPSA) is 48.4 Å². The van der Waals surface area contributed by atoms with Gasteiger partial charge in [0.05, 0.1) is 0 Å². The van der Waals surface area contributed by atoms with Crippen LogP contribution in [-0.4, -0.2) is 15.1 Å². The van der Waals surface area contributed by atoms with Gasteiger partial charge in [-0.3, -0.25) is 0 Å². The van der Waals surface area contributed by atoms with Gasteiger partial charge in [0.25, 0.3) is 0 Å². The summed E-state index contributed by atoms with van der Waals surface area (Å²) in [5.74, 6) is 0.736. The van der Waals surface area contributed by atoms with Crippen molar-refractivity contribution in [3.8, 4) is 0 Å². The van der Waals surface area contributed by atoms with E-state index in [1.54, 1.807) is 11.2 Å². The van der Waals surface area contributed by atoms with E-state index in [9.17, 15) is 5.11 Å². The number of nitrogens with zero attached hydrogens (tertiary/aromatic N) is 2. The number of nitrogens with one attached hydrogen (secondary N) is 1. The Morgan fingerprint density at radius 2 is 2.00 bits per heavy atom. The van der Waals surface area contributed by atoms with Crippen molar-refractivity contribution >= 4 is 5.82 Å². The smallest absolute Gasteiger partial charge is 0.150 e. The van der Waals surface area contributed by atoms with Crippen molar-refractivity contribution in [1.82, 2.24) is 9.99 Å². The van der Waals surface area contributed by atoms with E-state index in [0.29, 0.717) is 6.54 Å². The highest BCUT2D eigenvalue weighted by Gasteiger charge is 2.27. The van der Waals surface area contributed by atoms with Crippen LogP contribution < -0.4 is 5.43 Å². The molecule has 1 aliphatic rings. The normalized spacial score (nSPS) is 19.0. The molecule has 0 fully saturated rings. The Bertz CT molecular complexity index is 515. The number of aliphatic hydroxyl groups is 1. The lowest BCUT2D eigenvalue weighted by atomic mass is 10.1. The zero-order chi connectivity index (χ0) is 11.7. The van der Waals surface area contributed by atoms with Gasteiger partial charge < -0.3 is 10.5 Å². The molecule has 2 heterocycles. The van der Waals surface area contributed by atoms with Crippen LogP contribution in [0.5, 0.6) is 0 Å². The first kappa shape index (κ1) is 10.3. The molecule has 4 nitrogen and oxygen atoms in total. The van der Waals surface area contributed by atoms with Crippen LogP contribution >= 0.6 is 0 Å². The van der Waals surface area contributed by atoms with Crippen molar-refractivity contribution in [1.29, 1.82) is 0 Å². The lowest BCUT2D eigenvalue weighted by molar-refractivity contribution is 0.0324. The third kappa shape index (κ3) is 1.88. The first-order valence-electron chi connectivity index (χ1n) is 5.55. The minimum absolute atomic E-state index is 0.617. The summed E-state index contributed by atoms with van der Waals surface area (Å²) in [5.41, 5.74) is 5.21. The molecule has 0 bridgehead atoms. The second kappa shape index (κ2) is 4.16. The fourth-order valence-electron chi connectivity index (χ4n) is 2.04. The van der Waals surface area contributed by atoms with Gasteiger partial charge in [0, 0.05) is 18.3 Å². The summed E-state index contributed by atoms with van der Waals surface area (Å²) >= 11 is 0. The van der Waals surface area contributed by atoms with Gasteiger partial charge in [0.15, 0.2) is 6.23 Å². The molecule has 2 N–H and O–H groups in total. The van der Waals surface area contributed by atoms with Crippen LogP contribution in [0.25, 0.3) is 0 Å². The number of benzene rings is 1. The summed E-state index contributed by atoms with van der Waals surface area (Å²) in [6, 6.07) is 13.5. The predicted octanol–water partition coefficient (Wildman–Crippen LogP) is 1.92. The van der Waals surface area contributed by atoms with E-state index in [4.69, 9.17) is 0 Å². The van der Waals surface area contributed by atoms with Gasteiger partial charge in [0.1, 0.15) is 5.82 Å². The minimum Gasteiger partial charge on any atom is -0.372 e. The number of aliphatic hydroxyl groups excluding tert-OH is 1. The zero-order valence-corrected chi connectivity index (χ0v) is 9.24. The Labute approximate surface area is 99.5 Å².